The van der Waals surface area contributed by atoms with Crippen LogP contribution in [-0.4, -0.2) is 24.4 Å². The monoisotopic (exact) mass is 289 g/mol. The summed E-state index contributed by atoms with van der Waals surface area (Å²) in [6.45, 7) is 2.88. The van der Waals surface area contributed by atoms with Gasteiger partial charge in [0.2, 0.25) is 0 Å². The van der Waals surface area contributed by atoms with E-state index in [0.717, 1.165) is 31.6 Å². The summed E-state index contributed by atoms with van der Waals surface area (Å²) in [5.41, 5.74) is 7.25. The molecule has 116 valence electrons. The minimum absolute atomic E-state index is 0.117. The highest BCUT2D eigenvalue weighted by Crippen LogP contribution is 2.40. The van der Waals surface area contributed by atoms with Crippen LogP contribution in [0.1, 0.15) is 51.0 Å². The second kappa shape index (κ2) is 6.37. The molecule has 0 aromatic heterocycles. The van der Waals surface area contributed by atoms with Crippen molar-refractivity contribution in [2.75, 3.05) is 6.61 Å². The van der Waals surface area contributed by atoms with Crippen LogP contribution in [0.2, 0.25) is 0 Å². The molecule has 1 spiro atoms. The van der Waals surface area contributed by atoms with Crippen molar-refractivity contribution in [1.82, 2.24) is 0 Å². The molecule has 2 unspecified atom stereocenters. The van der Waals surface area contributed by atoms with Gasteiger partial charge in [-0.05, 0) is 43.9 Å². The minimum Gasteiger partial charge on any atom is -0.490 e. The Morgan fingerprint density at radius 3 is 2.95 bits per heavy atom. The molecule has 1 saturated carbocycles. The van der Waals surface area contributed by atoms with Gasteiger partial charge in [0.05, 0.1) is 12.2 Å². The van der Waals surface area contributed by atoms with E-state index in [4.69, 9.17) is 15.2 Å². The summed E-state index contributed by atoms with van der Waals surface area (Å²) >= 11 is 0. The van der Waals surface area contributed by atoms with E-state index in [-0.39, 0.29) is 11.6 Å². The normalized spacial score (nSPS) is 25.9. The summed E-state index contributed by atoms with van der Waals surface area (Å²) in [6, 6.07) is 8.57. The van der Waals surface area contributed by atoms with Crippen LogP contribution in [0.5, 0.6) is 5.75 Å². The summed E-state index contributed by atoms with van der Waals surface area (Å²) in [4.78, 5) is 0. The highest BCUT2D eigenvalue weighted by Gasteiger charge is 2.40. The van der Waals surface area contributed by atoms with Crippen LogP contribution in [0, 0.1) is 0 Å². The van der Waals surface area contributed by atoms with Crippen LogP contribution in [0.25, 0.3) is 0 Å². The zero-order valence-electron chi connectivity index (χ0n) is 13.0. The maximum absolute atomic E-state index is 6.24. The minimum atomic E-state index is 0.117. The number of benzene rings is 1. The van der Waals surface area contributed by atoms with Crippen molar-refractivity contribution in [3.05, 3.63) is 29.8 Å². The van der Waals surface area contributed by atoms with Gasteiger partial charge in [-0.25, -0.2) is 0 Å². The molecule has 1 aliphatic heterocycles. The lowest BCUT2D eigenvalue weighted by atomic mass is 9.90. The average molecular weight is 289 g/mol. The van der Waals surface area contributed by atoms with Gasteiger partial charge in [-0.3, -0.25) is 0 Å². The Hall–Kier alpha value is -1.06. The average Bonchev–Trinajstić information content (AvgIpc) is 2.86. The molecule has 1 saturated heterocycles. The first-order valence-corrected chi connectivity index (χ1v) is 8.30. The van der Waals surface area contributed by atoms with E-state index < -0.39 is 0 Å². The third kappa shape index (κ3) is 3.78. The molecule has 2 aliphatic rings. The van der Waals surface area contributed by atoms with Crippen molar-refractivity contribution in [3.8, 4) is 5.75 Å². The van der Waals surface area contributed by atoms with Crippen LogP contribution in [0.15, 0.2) is 24.3 Å². The molecule has 2 atom stereocenters. The topological polar surface area (TPSA) is 44.5 Å². The fourth-order valence-electron chi connectivity index (χ4n) is 3.76. The SMILES string of the molecule is CC(N)Cc1cccc(OC2CCOC3(CCCC3)C2)c1. The predicted octanol–water partition coefficient (Wildman–Crippen LogP) is 3.45. The molecule has 0 amide bonds. The lowest BCUT2D eigenvalue weighted by Gasteiger charge is -2.38. The van der Waals surface area contributed by atoms with Gasteiger partial charge in [-0.1, -0.05) is 25.0 Å². The second-order valence-electron chi connectivity index (χ2n) is 6.80. The van der Waals surface area contributed by atoms with Crippen LogP contribution in [-0.2, 0) is 11.2 Å². The molecule has 1 aromatic carbocycles. The van der Waals surface area contributed by atoms with E-state index in [0.29, 0.717) is 6.10 Å². The van der Waals surface area contributed by atoms with Gasteiger partial charge in [0.1, 0.15) is 11.9 Å². The first kappa shape index (κ1) is 14.9. The summed E-state index contributed by atoms with van der Waals surface area (Å²) in [6.07, 6.45) is 8.25. The van der Waals surface area contributed by atoms with E-state index in [1.165, 1.54) is 31.2 Å². The number of ether oxygens (including phenoxy) is 2. The van der Waals surface area contributed by atoms with E-state index in [1.54, 1.807) is 0 Å². The maximum Gasteiger partial charge on any atom is 0.119 e. The zero-order chi connectivity index (χ0) is 14.7. The Balaban J connectivity index is 1.63. The van der Waals surface area contributed by atoms with Gasteiger partial charge in [-0.2, -0.15) is 0 Å². The van der Waals surface area contributed by atoms with Gasteiger partial charge in [-0.15, -0.1) is 0 Å². The lowest BCUT2D eigenvalue weighted by molar-refractivity contribution is -0.108. The Bertz CT molecular complexity index is 466. The van der Waals surface area contributed by atoms with E-state index in [2.05, 4.69) is 24.3 Å². The van der Waals surface area contributed by atoms with Crippen molar-refractivity contribution < 1.29 is 9.47 Å². The van der Waals surface area contributed by atoms with Gasteiger partial charge in [0.15, 0.2) is 0 Å². The standard InChI is InChI=1S/C18H27NO2/c1-14(19)11-15-5-4-6-16(12-15)21-17-7-10-20-18(13-17)8-2-3-9-18/h4-6,12,14,17H,2-3,7-11,13,19H2,1H3. The fourth-order valence-corrected chi connectivity index (χ4v) is 3.76. The van der Waals surface area contributed by atoms with Crippen molar-refractivity contribution in [2.45, 2.75) is 69.6 Å². The van der Waals surface area contributed by atoms with Crippen molar-refractivity contribution in [3.63, 3.8) is 0 Å². The number of nitrogens with two attached hydrogens (primary N) is 1. The summed E-state index contributed by atoms with van der Waals surface area (Å²) in [5.74, 6) is 0.980. The third-order valence-electron chi connectivity index (χ3n) is 4.72. The number of rotatable bonds is 4. The molecule has 1 heterocycles. The second-order valence-corrected chi connectivity index (χ2v) is 6.80. The van der Waals surface area contributed by atoms with E-state index >= 15 is 0 Å². The van der Waals surface area contributed by atoms with Gasteiger partial charge in [0, 0.05) is 18.9 Å². The molecule has 1 aliphatic carbocycles. The Morgan fingerprint density at radius 1 is 1.38 bits per heavy atom. The molecular weight excluding hydrogens is 262 g/mol. The van der Waals surface area contributed by atoms with Crippen molar-refractivity contribution in [2.24, 2.45) is 5.73 Å². The Labute approximate surface area is 127 Å². The fraction of sp³-hybridized carbons (Fsp3) is 0.667. The van der Waals surface area contributed by atoms with Crippen molar-refractivity contribution in [1.29, 1.82) is 0 Å². The molecule has 3 nitrogen and oxygen atoms in total. The van der Waals surface area contributed by atoms with Gasteiger partial charge >= 0.3 is 0 Å². The van der Waals surface area contributed by atoms with Crippen molar-refractivity contribution >= 4 is 0 Å². The molecule has 3 heteroatoms. The number of hydrogen-bond donors (Lipinski definition) is 1. The van der Waals surface area contributed by atoms with Gasteiger partial charge < -0.3 is 15.2 Å². The molecular formula is C18H27NO2. The molecule has 2 fully saturated rings. The molecule has 0 bridgehead atoms. The van der Waals surface area contributed by atoms with Crippen LogP contribution < -0.4 is 10.5 Å². The smallest absolute Gasteiger partial charge is 0.119 e. The van der Waals surface area contributed by atoms with E-state index in [1.807, 2.05) is 6.92 Å². The Kier molecular flexibility index (Phi) is 4.51. The van der Waals surface area contributed by atoms with E-state index in [9.17, 15) is 0 Å². The Morgan fingerprint density at radius 2 is 2.19 bits per heavy atom. The third-order valence-corrected chi connectivity index (χ3v) is 4.72. The largest absolute Gasteiger partial charge is 0.490 e. The summed E-state index contributed by atoms with van der Waals surface area (Å²) in [5, 5.41) is 0. The summed E-state index contributed by atoms with van der Waals surface area (Å²) < 4.78 is 12.3. The molecule has 21 heavy (non-hydrogen) atoms. The lowest BCUT2D eigenvalue weighted by Crippen LogP contribution is -2.41. The predicted molar refractivity (Wildman–Crippen MR) is 84.6 cm³/mol. The molecule has 0 radical (unpaired) electrons. The quantitative estimate of drug-likeness (QED) is 0.923. The summed E-state index contributed by atoms with van der Waals surface area (Å²) in [7, 11) is 0. The number of hydrogen-bond acceptors (Lipinski definition) is 3. The van der Waals surface area contributed by atoms with Crippen LogP contribution >= 0.6 is 0 Å². The maximum atomic E-state index is 6.24. The first-order valence-electron chi connectivity index (χ1n) is 8.30. The molecule has 1 aromatic rings. The highest BCUT2D eigenvalue weighted by atomic mass is 16.5. The van der Waals surface area contributed by atoms with Crippen LogP contribution in [0.3, 0.4) is 0 Å². The first-order chi connectivity index (χ1) is 10.2. The molecule has 3 rings (SSSR count). The molecule has 2 N–H and O–H groups in total. The van der Waals surface area contributed by atoms with Gasteiger partial charge in [0.25, 0.3) is 0 Å². The van der Waals surface area contributed by atoms with Crippen LogP contribution in [0.4, 0.5) is 0 Å². The zero-order valence-corrected chi connectivity index (χ0v) is 13.0. The highest BCUT2D eigenvalue weighted by molar-refractivity contribution is 5.29.